The lowest BCUT2D eigenvalue weighted by Crippen LogP contribution is -2.61. The van der Waals surface area contributed by atoms with E-state index in [0.717, 1.165) is 25.3 Å². The summed E-state index contributed by atoms with van der Waals surface area (Å²) >= 11 is 0. The van der Waals surface area contributed by atoms with E-state index in [0.29, 0.717) is 4.90 Å². The predicted molar refractivity (Wildman–Crippen MR) is 150 cm³/mol. The fourth-order valence-corrected chi connectivity index (χ4v) is 5.37. The van der Waals surface area contributed by atoms with Crippen LogP contribution in [0.25, 0.3) is 0 Å². The zero-order valence-electron chi connectivity index (χ0n) is 25.4. The minimum Gasteiger partial charge on any atom is -0.468 e. The number of nitrogens with zero attached hydrogens (tertiary/aromatic N) is 3. The molecule has 0 saturated carbocycles. The van der Waals surface area contributed by atoms with Gasteiger partial charge in [-0.2, -0.15) is 39.5 Å². The number of hydrogen-bond acceptors (Lipinski definition) is 9. The van der Waals surface area contributed by atoms with Gasteiger partial charge in [-0.3, -0.25) is 34.4 Å². The highest BCUT2D eigenvalue weighted by atomic mass is 19.4. The smallest absolute Gasteiger partial charge is 0.460 e. The molecular formula is C30H22F9N3O8. The maximum absolute atomic E-state index is 14.2. The van der Waals surface area contributed by atoms with Gasteiger partial charge >= 0.3 is 35.9 Å². The summed E-state index contributed by atoms with van der Waals surface area (Å²) in [6.07, 6.45) is -9.66. The van der Waals surface area contributed by atoms with E-state index in [1.54, 1.807) is 0 Å². The van der Waals surface area contributed by atoms with Crippen molar-refractivity contribution in [2.45, 2.75) is 43.2 Å². The van der Waals surface area contributed by atoms with Crippen LogP contribution in [0.4, 0.5) is 45.2 Å². The highest BCUT2D eigenvalue weighted by molar-refractivity contribution is 6.21. The normalized spacial score (nSPS) is 18.5. The molecule has 2 aromatic rings. The van der Waals surface area contributed by atoms with Crippen molar-refractivity contribution < 1.29 is 73.1 Å². The summed E-state index contributed by atoms with van der Waals surface area (Å²) in [5.41, 5.74) is -2.48. The first-order chi connectivity index (χ1) is 23.1. The number of ether oxygens (including phenoxy) is 2. The van der Waals surface area contributed by atoms with Gasteiger partial charge in [-0.25, -0.2) is 4.79 Å². The first kappa shape index (κ1) is 37.5. The monoisotopic (exact) mass is 723 g/mol. The molecule has 2 aliphatic rings. The first-order valence-electron chi connectivity index (χ1n) is 14.0. The second kappa shape index (κ2) is 13.2. The van der Waals surface area contributed by atoms with Crippen molar-refractivity contribution >= 4 is 35.2 Å². The number of aliphatic imine (C=N–C) groups is 1. The molecule has 0 aromatic heterocycles. The molecular weight excluding hydrogens is 701 g/mol. The number of nitro groups is 1. The van der Waals surface area contributed by atoms with Crippen LogP contribution in [-0.4, -0.2) is 83.5 Å². The van der Waals surface area contributed by atoms with Gasteiger partial charge in [0.1, 0.15) is 5.92 Å². The van der Waals surface area contributed by atoms with E-state index in [9.17, 15) is 68.8 Å². The number of halogens is 9. The Kier molecular flexibility index (Phi) is 9.90. The Hall–Kier alpha value is -5.30. The average molecular weight is 724 g/mol. The van der Waals surface area contributed by atoms with Crippen LogP contribution in [0.5, 0.6) is 0 Å². The van der Waals surface area contributed by atoms with Crippen LogP contribution in [0.1, 0.15) is 45.5 Å². The summed E-state index contributed by atoms with van der Waals surface area (Å²) in [5, 5.41) is 11.6. The molecule has 0 spiro atoms. The molecule has 0 bridgehead atoms. The number of hydrogen-bond donors (Lipinski definition) is 0. The molecule has 4 rings (SSSR count). The zero-order chi connectivity index (χ0) is 37.6. The van der Waals surface area contributed by atoms with Gasteiger partial charge in [0.2, 0.25) is 0 Å². The van der Waals surface area contributed by atoms with Crippen LogP contribution >= 0.6 is 0 Å². The van der Waals surface area contributed by atoms with E-state index in [1.807, 2.05) is 0 Å². The molecule has 2 heterocycles. The SMILES string of the molecule is COC(=O)C1C(C)=NC(CN2C(=O)c3ccccc3C2=O)=C(C(=O)OCCC(F)(F)C(F)(F)C(F)(F)C(F)(F)F)C1c1cccc([N+](=O)[O-])c1. The Balaban J connectivity index is 1.81. The second-order valence-corrected chi connectivity index (χ2v) is 10.9. The number of fused-ring (bicyclic) bond motifs is 1. The number of alkyl halides is 9. The summed E-state index contributed by atoms with van der Waals surface area (Å²) < 4.78 is 130. The molecule has 50 heavy (non-hydrogen) atoms. The van der Waals surface area contributed by atoms with Crippen LogP contribution < -0.4 is 0 Å². The van der Waals surface area contributed by atoms with Crippen LogP contribution in [-0.2, 0) is 19.1 Å². The van der Waals surface area contributed by atoms with Crippen molar-refractivity contribution in [2.75, 3.05) is 20.3 Å². The summed E-state index contributed by atoms with van der Waals surface area (Å²) in [6.45, 7) is -1.55. The maximum atomic E-state index is 14.2. The Morgan fingerprint density at radius 3 is 2.02 bits per heavy atom. The van der Waals surface area contributed by atoms with Crippen molar-refractivity contribution in [3.63, 3.8) is 0 Å². The van der Waals surface area contributed by atoms with E-state index in [2.05, 4.69) is 9.73 Å². The third kappa shape index (κ3) is 6.40. The number of non-ortho nitro benzene ring substituents is 1. The molecule has 268 valence electrons. The maximum Gasteiger partial charge on any atom is 0.460 e. The Morgan fingerprint density at radius 2 is 1.50 bits per heavy atom. The number of methoxy groups -OCH3 is 1. The quantitative estimate of drug-likeness (QED) is 0.0918. The molecule has 0 saturated heterocycles. The highest BCUT2D eigenvalue weighted by Gasteiger charge is 2.81. The highest BCUT2D eigenvalue weighted by Crippen LogP contribution is 2.54. The van der Waals surface area contributed by atoms with Crippen LogP contribution in [0.2, 0.25) is 0 Å². The number of benzene rings is 2. The van der Waals surface area contributed by atoms with Gasteiger partial charge < -0.3 is 9.47 Å². The van der Waals surface area contributed by atoms with E-state index in [4.69, 9.17) is 4.74 Å². The third-order valence-electron chi connectivity index (χ3n) is 7.88. The summed E-state index contributed by atoms with van der Waals surface area (Å²) in [6, 6.07) is 9.66. The minimum absolute atomic E-state index is 0.0692. The van der Waals surface area contributed by atoms with Crippen molar-refractivity contribution in [3.05, 3.63) is 86.6 Å². The van der Waals surface area contributed by atoms with Gasteiger partial charge in [0.15, 0.2) is 0 Å². The van der Waals surface area contributed by atoms with E-state index >= 15 is 0 Å². The van der Waals surface area contributed by atoms with Gasteiger partial charge in [0.05, 0.1) is 54.0 Å². The van der Waals surface area contributed by atoms with E-state index in [1.165, 1.54) is 37.3 Å². The average Bonchev–Trinajstić information content (AvgIpc) is 3.28. The lowest BCUT2D eigenvalue weighted by Gasteiger charge is -2.34. The molecule has 2 aliphatic heterocycles. The Bertz CT molecular complexity index is 1790. The Morgan fingerprint density at radius 1 is 0.920 bits per heavy atom. The van der Waals surface area contributed by atoms with Crippen molar-refractivity contribution in [2.24, 2.45) is 10.9 Å². The number of nitro benzene ring substituents is 1. The minimum atomic E-state index is -7.20. The molecule has 0 fully saturated rings. The molecule has 0 aliphatic carbocycles. The Labute approximate surface area is 274 Å². The second-order valence-electron chi connectivity index (χ2n) is 10.9. The van der Waals surface area contributed by atoms with E-state index in [-0.39, 0.29) is 22.4 Å². The van der Waals surface area contributed by atoms with Crippen LogP contribution in [0, 0.1) is 16.0 Å². The number of imide groups is 1. The number of esters is 2. The molecule has 0 N–H and O–H groups in total. The number of carbonyl (C=O) groups excluding carboxylic acids is 4. The summed E-state index contributed by atoms with van der Waals surface area (Å²) in [7, 11) is 0.912. The van der Waals surface area contributed by atoms with Crippen LogP contribution in [0.15, 0.2) is 64.8 Å². The van der Waals surface area contributed by atoms with Crippen molar-refractivity contribution in [1.29, 1.82) is 0 Å². The molecule has 2 unspecified atom stereocenters. The van der Waals surface area contributed by atoms with Gasteiger partial charge in [-0.05, 0) is 24.6 Å². The zero-order valence-corrected chi connectivity index (χ0v) is 25.4. The molecule has 0 radical (unpaired) electrons. The fraction of sp³-hybridized carbons (Fsp3) is 0.367. The number of carbonyl (C=O) groups is 4. The molecule has 20 heteroatoms. The first-order valence-corrected chi connectivity index (χ1v) is 14.0. The van der Waals surface area contributed by atoms with Gasteiger partial charge in [-0.1, -0.05) is 24.3 Å². The molecule has 2 atom stereocenters. The fourth-order valence-electron chi connectivity index (χ4n) is 5.37. The molecule has 11 nitrogen and oxygen atoms in total. The predicted octanol–water partition coefficient (Wildman–Crippen LogP) is 5.89. The van der Waals surface area contributed by atoms with Gasteiger partial charge in [0.25, 0.3) is 17.5 Å². The van der Waals surface area contributed by atoms with Crippen LogP contribution in [0.3, 0.4) is 0 Å². The molecule has 2 amide bonds. The van der Waals surface area contributed by atoms with Gasteiger partial charge in [-0.15, -0.1) is 0 Å². The standard InChI is InChI=1S/C30H22F9N3O8/c1-14-20(25(45)49-2)21(15-6-5-7-16(12-15)42(47)48)22(19(40-14)13-41-23(43)17-8-3-4-9-18(17)24(41)44)26(46)50-11-10-27(31,32)28(33,34)29(35,36)30(37,38)39/h3-9,12,20-21H,10-11,13H2,1-2H3. The summed E-state index contributed by atoms with van der Waals surface area (Å²) in [4.78, 5) is 68.3. The van der Waals surface area contributed by atoms with E-state index < -0.39 is 101 Å². The largest absolute Gasteiger partial charge is 0.468 e. The summed E-state index contributed by atoms with van der Waals surface area (Å²) in [5.74, 6) is -28.4. The number of rotatable bonds is 11. The van der Waals surface area contributed by atoms with Gasteiger partial charge in [0, 0.05) is 23.8 Å². The lowest BCUT2D eigenvalue weighted by molar-refractivity contribution is -0.397. The van der Waals surface area contributed by atoms with Crippen molar-refractivity contribution in [3.8, 4) is 0 Å². The topological polar surface area (TPSA) is 145 Å². The van der Waals surface area contributed by atoms with Crippen molar-refractivity contribution in [1.82, 2.24) is 4.90 Å². The third-order valence-corrected chi connectivity index (χ3v) is 7.88. The lowest BCUT2D eigenvalue weighted by atomic mass is 9.75. The molecule has 2 aromatic carbocycles. The number of amides is 2.